The first-order valence-corrected chi connectivity index (χ1v) is 9.17. The molecule has 1 aliphatic rings. The highest BCUT2D eigenvalue weighted by atomic mass is 16.7. The van der Waals surface area contributed by atoms with Crippen LogP contribution in [0.2, 0.25) is 0 Å². The Morgan fingerprint density at radius 3 is 2.57 bits per heavy atom. The Bertz CT molecular complexity index is 817. The molecule has 1 fully saturated rings. The standard InChI is InChI=1S/C21H25NO6/c1-25-18-8-4-14(12-19(18)26-2)5-9-20(24)22-16-13-15(6-7-17(16)23)21-27-10-3-11-28-21/h4,6-8,12-13,21,23H,3,5,9-11H2,1-2H3,(H,22,24). The number of carbonyl (C=O) groups is 1. The molecule has 28 heavy (non-hydrogen) atoms. The first-order chi connectivity index (χ1) is 13.6. The summed E-state index contributed by atoms with van der Waals surface area (Å²) in [5.41, 5.74) is 2.05. The molecule has 1 saturated heterocycles. The minimum absolute atomic E-state index is 0.000902. The van der Waals surface area contributed by atoms with Crippen LogP contribution in [0.3, 0.4) is 0 Å². The first-order valence-electron chi connectivity index (χ1n) is 9.17. The van der Waals surface area contributed by atoms with Crippen molar-refractivity contribution < 1.29 is 28.8 Å². The van der Waals surface area contributed by atoms with E-state index in [1.807, 2.05) is 18.2 Å². The van der Waals surface area contributed by atoms with Crippen LogP contribution in [-0.2, 0) is 20.7 Å². The van der Waals surface area contributed by atoms with Crippen LogP contribution in [0.1, 0.15) is 30.3 Å². The number of rotatable bonds is 7. The molecule has 0 spiro atoms. The number of aromatic hydroxyl groups is 1. The lowest BCUT2D eigenvalue weighted by atomic mass is 10.1. The average Bonchev–Trinajstić information content (AvgIpc) is 2.74. The summed E-state index contributed by atoms with van der Waals surface area (Å²) < 4.78 is 21.6. The van der Waals surface area contributed by atoms with Gasteiger partial charge in [0.25, 0.3) is 0 Å². The van der Waals surface area contributed by atoms with Gasteiger partial charge in [0.05, 0.1) is 33.1 Å². The quantitative estimate of drug-likeness (QED) is 0.708. The van der Waals surface area contributed by atoms with Gasteiger partial charge in [-0.15, -0.1) is 0 Å². The van der Waals surface area contributed by atoms with Crippen molar-refractivity contribution >= 4 is 11.6 Å². The predicted molar refractivity (Wildman–Crippen MR) is 104 cm³/mol. The number of phenols is 1. The number of ether oxygens (including phenoxy) is 4. The number of hydrogen-bond acceptors (Lipinski definition) is 6. The van der Waals surface area contributed by atoms with Gasteiger partial charge in [-0.3, -0.25) is 4.79 Å². The van der Waals surface area contributed by atoms with Crippen molar-refractivity contribution in [3.63, 3.8) is 0 Å². The highest BCUT2D eigenvalue weighted by Crippen LogP contribution is 2.31. The highest BCUT2D eigenvalue weighted by molar-refractivity contribution is 5.92. The maximum atomic E-state index is 12.4. The van der Waals surface area contributed by atoms with Crippen molar-refractivity contribution in [1.82, 2.24) is 0 Å². The van der Waals surface area contributed by atoms with E-state index in [1.165, 1.54) is 6.07 Å². The van der Waals surface area contributed by atoms with Gasteiger partial charge in [-0.2, -0.15) is 0 Å². The molecule has 0 unspecified atom stereocenters. The summed E-state index contributed by atoms with van der Waals surface area (Å²) in [4.78, 5) is 12.4. The zero-order valence-electron chi connectivity index (χ0n) is 16.1. The molecule has 2 aromatic rings. The van der Waals surface area contributed by atoms with Gasteiger partial charge in [-0.05, 0) is 42.7 Å². The summed E-state index contributed by atoms with van der Waals surface area (Å²) in [5, 5.41) is 12.8. The van der Waals surface area contributed by atoms with E-state index < -0.39 is 6.29 Å². The number of phenolic OH excluding ortho intramolecular Hbond substituents is 1. The predicted octanol–water partition coefficient (Wildman–Crippen LogP) is 3.42. The van der Waals surface area contributed by atoms with Crippen LogP contribution in [0.4, 0.5) is 5.69 Å². The molecule has 0 saturated carbocycles. The fourth-order valence-corrected chi connectivity index (χ4v) is 2.99. The number of hydrogen-bond donors (Lipinski definition) is 2. The van der Waals surface area contributed by atoms with Crippen molar-refractivity contribution in [3.8, 4) is 17.2 Å². The van der Waals surface area contributed by atoms with Crippen LogP contribution >= 0.6 is 0 Å². The lowest BCUT2D eigenvalue weighted by molar-refractivity contribution is -0.183. The zero-order chi connectivity index (χ0) is 19.9. The molecule has 2 N–H and O–H groups in total. The lowest BCUT2D eigenvalue weighted by Gasteiger charge is -2.24. The highest BCUT2D eigenvalue weighted by Gasteiger charge is 2.18. The third kappa shape index (κ3) is 4.94. The van der Waals surface area contributed by atoms with Crippen molar-refractivity contribution in [2.24, 2.45) is 0 Å². The van der Waals surface area contributed by atoms with Crippen LogP contribution in [0, 0.1) is 0 Å². The number of benzene rings is 2. The summed E-state index contributed by atoms with van der Waals surface area (Å²) >= 11 is 0. The average molecular weight is 387 g/mol. The minimum Gasteiger partial charge on any atom is -0.506 e. The van der Waals surface area contributed by atoms with Gasteiger partial charge in [0.2, 0.25) is 5.91 Å². The van der Waals surface area contributed by atoms with Gasteiger partial charge in [0, 0.05) is 12.0 Å². The number of carbonyl (C=O) groups excluding carboxylic acids is 1. The van der Waals surface area contributed by atoms with Gasteiger partial charge in [0.1, 0.15) is 5.75 Å². The molecule has 7 nitrogen and oxygen atoms in total. The summed E-state index contributed by atoms with van der Waals surface area (Å²) in [6.45, 7) is 1.25. The monoisotopic (exact) mass is 387 g/mol. The summed E-state index contributed by atoms with van der Waals surface area (Å²) in [6, 6.07) is 10.5. The molecular formula is C21H25NO6. The number of methoxy groups -OCH3 is 2. The third-order valence-electron chi connectivity index (χ3n) is 4.48. The molecule has 1 aliphatic heterocycles. The van der Waals surface area contributed by atoms with Gasteiger partial charge in [-0.1, -0.05) is 12.1 Å². The van der Waals surface area contributed by atoms with E-state index in [0.717, 1.165) is 17.5 Å². The van der Waals surface area contributed by atoms with Gasteiger partial charge < -0.3 is 29.4 Å². The molecule has 150 valence electrons. The van der Waals surface area contributed by atoms with Gasteiger partial charge >= 0.3 is 0 Å². The summed E-state index contributed by atoms with van der Waals surface area (Å²) in [5.74, 6) is 1.06. The molecule has 0 bridgehead atoms. The number of nitrogens with one attached hydrogen (secondary N) is 1. The summed E-state index contributed by atoms with van der Waals surface area (Å²) in [7, 11) is 3.15. The smallest absolute Gasteiger partial charge is 0.224 e. The van der Waals surface area contributed by atoms with Crippen molar-refractivity contribution in [2.75, 3.05) is 32.8 Å². The maximum absolute atomic E-state index is 12.4. The van der Waals surface area contributed by atoms with E-state index in [1.54, 1.807) is 26.4 Å². The van der Waals surface area contributed by atoms with Crippen LogP contribution in [-0.4, -0.2) is 38.4 Å². The second-order valence-corrected chi connectivity index (χ2v) is 6.44. The molecule has 7 heteroatoms. The number of anilines is 1. The first kappa shape index (κ1) is 20.0. The van der Waals surface area contributed by atoms with Crippen molar-refractivity contribution in [3.05, 3.63) is 47.5 Å². The van der Waals surface area contributed by atoms with E-state index in [4.69, 9.17) is 18.9 Å². The molecular weight excluding hydrogens is 362 g/mol. The SMILES string of the molecule is COc1ccc(CCC(=O)Nc2cc(C3OCCCO3)ccc2O)cc1OC. The maximum Gasteiger partial charge on any atom is 0.224 e. The second-order valence-electron chi connectivity index (χ2n) is 6.44. The van der Waals surface area contributed by atoms with E-state index in [-0.39, 0.29) is 18.1 Å². The molecule has 3 rings (SSSR count). The van der Waals surface area contributed by atoms with E-state index in [0.29, 0.717) is 36.8 Å². The van der Waals surface area contributed by atoms with Gasteiger partial charge in [0.15, 0.2) is 17.8 Å². The fraction of sp³-hybridized carbons (Fsp3) is 0.381. The molecule has 1 amide bonds. The second kappa shape index (κ2) is 9.43. The molecule has 0 aromatic heterocycles. The number of amides is 1. The van der Waals surface area contributed by atoms with E-state index in [9.17, 15) is 9.90 Å². The summed E-state index contributed by atoms with van der Waals surface area (Å²) in [6.07, 6.45) is 1.17. The number of aryl methyl sites for hydroxylation is 1. The molecule has 0 aliphatic carbocycles. The Morgan fingerprint density at radius 1 is 1.11 bits per heavy atom. The van der Waals surface area contributed by atoms with Crippen LogP contribution < -0.4 is 14.8 Å². The molecule has 0 radical (unpaired) electrons. The van der Waals surface area contributed by atoms with E-state index in [2.05, 4.69) is 5.32 Å². The van der Waals surface area contributed by atoms with E-state index >= 15 is 0 Å². The Labute approximate surface area is 164 Å². The molecule has 1 heterocycles. The van der Waals surface area contributed by atoms with Crippen molar-refractivity contribution in [1.29, 1.82) is 0 Å². The zero-order valence-corrected chi connectivity index (χ0v) is 16.1. The third-order valence-corrected chi connectivity index (χ3v) is 4.48. The Hall–Kier alpha value is -2.77. The Kier molecular flexibility index (Phi) is 6.73. The molecule has 2 aromatic carbocycles. The van der Waals surface area contributed by atoms with Crippen molar-refractivity contribution in [2.45, 2.75) is 25.6 Å². The normalized spacial score (nSPS) is 14.5. The van der Waals surface area contributed by atoms with Crippen LogP contribution in [0.5, 0.6) is 17.2 Å². The van der Waals surface area contributed by atoms with Crippen LogP contribution in [0.25, 0.3) is 0 Å². The van der Waals surface area contributed by atoms with Crippen LogP contribution in [0.15, 0.2) is 36.4 Å². The fourth-order valence-electron chi connectivity index (χ4n) is 2.99. The minimum atomic E-state index is -0.475. The largest absolute Gasteiger partial charge is 0.506 e. The topological polar surface area (TPSA) is 86.3 Å². The Morgan fingerprint density at radius 2 is 1.86 bits per heavy atom. The molecule has 0 atom stereocenters. The lowest BCUT2D eigenvalue weighted by Crippen LogP contribution is -2.18. The Balaban J connectivity index is 1.61. The van der Waals surface area contributed by atoms with Gasteiger partial charge in [-0.25, -0.2) is 0 Å².